The molecular weight excluding hydrogens is 412 g/mol. The van der Waals surface area contributed by atoms with Gasteiger partial charge in [-0.15, -0.1) is 0 Å². The van der Waals surface area contributed by atoms with Crippen molar-refractivity contribution >= 4 is 17.4 Å². The number of para-hydroxylation sites is 3. The number of nitrogens with zero attached hydrogens (tertiary/aromatic N) is 2. The number of rotatable bonds is 8. The Hall–Kier alpha value is -3.51. The molecule has 1 atom stereocenters. The summed E-state index contributed by atoms with van der Waals surface area (Å²) in [7, 11) is 0. The maximum atomic E-state index is 12.6. The molecule has 0 aliphatic carbocycles. The summed E-state index contributed by atoms with van der Waals surface area (Å²) >= 11 is 0. The SMILES string of the molecule is CC(CNC(=O)Nc1ccccc1COc1ccccc1)N1CCN(c2ccccc2)CC1. The molecule has 6 nitrogen and oxygen atoms in total. The van der Waals surface area contributed by atoms with Gasteiger partial charge in [0.25, 0.3) is 0 Å². The van der Waals surface area contributed by atoms with Crippen LogP contribution in [0, 0.1) is 0 Å². The van der Waals surface area contributed by atoms with Crippen molar-refractivity contribution in [2.75, 3.05) is 42.9 Å². The van der Waals surface area contributed by atoms with Gasteiger partial charge >= 0.3 is 6.03 Å². The third-order valence-electron chi connectivity index (χ3n) is 6.02. The second-order valence-electron chi connectivity index (χ2n) is 8.30. The molecule has 0 bridgehead atoms. The van der Waals surface area contributed by atoms with Gasteiger partial charge in [0.2, 0.25) is 0 Å². The van der Waals surface area contributed by atoms with Crippen LogP contribution in [0.15, 0.2) is 84.9 Å². The maximum Gasteiger partial charge on any atom is 0.319 e. The number of hydrogen-bond donors (Lipinski definition) is 2. The van der Waals surface area contributed by atoms with E-state index in [0.717, 1.165) is 43.2 Å². The molecule has 4 rings (SSSR count). The van der Waals surface area contributed by atoms with Crippen LogP contribution in [0.1, 0.15) is 12.5 Å². The summed E-state index contributed by atoms with van der Waals surface area (Å²) in [5, 5.41) is 6.00. The van der Waals surface area contributed by atoms with Crippen LogP contribution in [-0.2, 0) is 6.61 Å². The zero-order chi connectivity index (χ0) is 22.9. The number of benzene rings is 3. The first-order valence-corrected chi connectivity index (χ1v) is 11.5. The third kappa shape index (κ3) is 6.49. The zero-order valence-electron chi connectivity index (χ0n) is 19.1. The largest absolute Gasteiger partial charge is 0.489 e. The lowest BCUT2D eigenvalue weighted by atomic mass is 10.2. The molecule has 33 heavy (non-hydrogen) atoms. The molecule has 1 heterocycles. The number of piperazine rings is 1. The number of hydrogen-bond acceptors (Lipinski definition) is 4. The van der Waals surface area contributed by atoms with Crippen molar-refractivity contribution in [3.63, 3.8) is 0 Å². The van der Waals surface area contributed by atoms with Crippen molar-refractivity contribution < 1.29 is 9.53 Å². The Morgan fingerprint density at radius 1 is 0.879 bits per heavy atom. The molecule has 0 aromatic heterocycles. The quantitative estimate of drug-likeness (QED) is 0.533. The summed E-state index contributed by atoms with van der Waals surface area (Å²) in [6.45, 7) is 7.12. The predicted molar refractivity (Wildman–Crippen MR) is 134 cm³/mol. The van der Waals surface area contributed by atoms with Crippen LogP contribution in [0.4, 0.5) is 16.2 Å². The van der Waals surface area contributed by atoms with Crippen LogP contribution >= 0.6 is 0 Å². The van der Waals surface area contributed by atoms with Crippen molar-refractivity contribution in [2.45, 2.75) is 19.6 Å². The van der Waals surface area contributed by atoms with E-state index in [0.29, 0.717) is 13.2 Å². The minimum atomic E-state index is -0.197. The molecule has 172 valence electrons. The smallest absolute Gasteiger partial charge is 0.319 e. The highest BCUT2D eigenvalue weighted by Gasteiger charge is 2.21. The molecule has 1 aliphatic heterocycles. The molecule has 6 heteroatoms. The van der Waals surface area contributed by atoms with Crippen LogP contribution in [0.2, 0.25) is 0 Å². The first-order valence-electron chi connectivity index (χ1n) is 11.5. The number of amides is 2. The minimum absolute atomic E-state index is 0.197. The predicted octanol–water partition coefficient (Wildman–Crippen LogP) is 4.60. The fourth-order valence-electron chi connectivity index (χ4n) is 4.04. The maximum absolute atomic E-state index is 12.6. The molecule has 0 spiro atoms. The molecular formula is C27H32N4O2. The lowest BCUT2D eigenvalue weighted by molar-refractivity contribution is 0.192. The van der Waals surface area contributed by atoms with Gasteiger partial charge in [-0.05, 0) is 37.3 Å². The van der Waals surface area contributed by atoms with E-state index in [9.17, 15) is 4.79 Å². The average Bonchev–Trinajstić information content (AvgIpc) is 2.88. The summed E-state index contributed by atoms with van der Waals surface area (Å²) in [6, 6.07) is 28.0. The van der Waals surface area contributed by atoms with Crippen molar-refractivity contribution in [3.05, 3.63) is 90.5 Å². The highest BCUT2D eigenvalue weighted by molar-refractivity contribution is 5.90. The number of nitrogens with one attached hydrogen (secondary N) is 2. The zero-order valence-corrected chi connectivity index (χ0v) is 19.1. The highest BCUT2D eigenvalue weighted by Crippen LogP contribution is 2.19. The van der Waals surface area contributed by atoms with Crippen LogP contribution in [0.5, 0.6) is 5.75 Å². The lowest BCUT2D eigenvalue weighted by Gasteiger charge is -2.39. The van der Waals surface area contributed by atoms with E-state index in [1.807, 2.05) is 60.7 Å². The molecule has 1 aliphatic rings. The number of anilines is 2. The van der Waals surface area contributed by atoms with E-state index >= 15 is 0 Å². The van der Waals surface area contributed by atoms with Gasteiger partial charge in [0, 0.05) is 55.7 Å². The van der Waals surface area contributed by atoms with Crippen molar-refractivity contribution in [1.29, 1.82) is 0 Å². The topological polar surface area (TPSA) is 56.8 Å². The summed E-state index contributed by atoms with van der Waals surface area (Å²) in [6.07, 6.45) is 0. The summed E-state index contributed by atoms with van der Waals surface area (Å²) in [4.78, 5) is 17.4. The van der Waals surface area contributed by atoms with Crippen LogP contribution in [0.3, 0.4) is 0 Å². The second kappa shape index (κ2) is 11.4. The molecule has 0 radical (unpaired) electrons. The van der Waals surface area contributed by atoms with Crippen LogP contribution < -0.4 is 20.3 Å². The Kier molecular flexibility index (Phi) is 7.82. The van der Waals surface area contributed by atoms with Crippen LogP contribution in [-0.4, -0.2) is 49.7 Å². The monoisotopic (exact) mass is 444 g/mol. The molecule has 1 fully saturated rings. The normalized spacial score (nSPS) is 15.0. The van der Waals surface area contributed by atoms with E-state index in [1.165, 1.54) is 5.69 Å². The van der Waals surface area contributed by atoms with E-state index in [4.69, 9.17) is 4.74 Å². The number of carbonyl (C=O) groups is 1. The van der Waals surface area contributed by atoms with Gasteiger partial charge in [-0.2, -0.15) is 0 Å². The minimum Gasteiger partial charge on any atom is -0.489 e. The van der Waals surface area contributed by atoms with Gasteiger partial charge in [0.05, 0.1) is 0 Å². The Morgan fingerprint density at radius 3 is 2.24 bits per heavy atom. The van der Waals surface area contributed by atoms with E-state index in [2.05, 4.69) is 51.6 Å². The van der Waals surface area contributed by atoms with Gasteiger partial charge in [0.1, 0.15) is 12.4 Å². The molecule has 1 unspecified atom stereocenters. The number of urea groups is 1. The van der Waals surface area contributed by atoms with Gasteiger partial charge in [0.15, 0.2) is 0 Å². The second-order valence-corrected chi connectivity index (χ2v) is 8.30. The van der Waals surface area contributed by atoms with Crippen LogP contribution in [0.25, 0.3) is 0 Å². The van der Waals surface area contributed by atoms with E-state index in [1.54, 1.807) is 0 Å². The standard InChI is InChI=1S/C27H32N4O2/c1-22(30-16-18-31(19-17-30)24-11-4-2-5-12-24)20-28-27(32)29-26-15-9-8-10-23(26)21-33-25-13-6-3-7-14-25/h2-15,22H,16-21H2,1H3,(H2,28,29,32). The Bertz CT molecular complexity index is 1000. The van der Waals surface area contributed by atoms with E-state index in [-0.39, 0.29) is 12.1 Å². The molecule has 0 saturated carbocycles. The van der Waals surface area contributed by atoms with Gasteiger partial charge in [-0.25, -0.2) is 4.79 Å². The Balaban J connectivity index is 1.23. The van der Waals surface area contributed by atoms with Gasteiger partial charge in [-0.1, -0.05) is 54.6 Å². The fourth-order valence-corrected chi connectivity index (χ4v) is 4.04. The fraction of sp³-hybridized carbons (Fsp3) is 0.296. The Labute approximate surface area is 196 Å². The first-order chi connectivity index (χ1) is 16.2. The van der Waals surface area contributed by atoms with Crippen molar-refractivity contribution in [2.24, 2.45) is 0 Å². The summed E-state index contributed by atoms with van der Waals surface area (Å²) < 4.78 is 5.85. The molecule has 1 saturated heterocycles. The average molecular weight is 445 g/mol. The van der Waals surface area contributed by atoms with E-state index < -0.39 is 0 Å². The lowest BCUT2D eigenvalue weighted by Crippen LogP contribution is -2.52. The molecule has 3 aromatic carbocycles. The van der Waals surface area contributed by atoms with Gasteiger partial charge in [-0.3, -0.25) is 4.90 Å². The third-order valence-corrected chi connectivity index (χ3v) is 6.02. The van der Waals surface area contributed by atoms with Gasteiger partial charge < -0.3 is 20.3 Å². The summed E-state index contributed by atoms with van der Waals surface area (Å²) in [5.41, 5.74) is 2.97. The van der Waals surface area contributed by atoms with Crippen molar-refractivity contribution in [1.82, 2.24) is 10.2 Å². The molecule has 3 aromatic rings. The number of carbonyl (C=O) groups excluding carboxylic acids is 1. The Morgan fingerprint density at radius 2 is 1.52 bits per heavy atom. The molecule has 2 amide bonds. The first kappa shape index (κ1) is 22.7. The summed E-state index contributed by atoms with van der Waals surface area (Å²) in [5.74, 6) is 0.804. The number of ether oxygens (including phenoxy) is 1. The van der Waals surface area contributed by atoms with Crippen molar-refractivity contribution in [3.8, 4) is 5.75 Å². The molecule has 2 N–H and O–H groups in total. The highest BCUT2D eigenvalue weighted by atomic mass is 16.5.